The van der Waals surface area contributed by atoms with Gasteiger partial charge in [0.25, 0.3) is 0 Å². The fraction of sp³-hybridized carbons (Fsp3) is 0.556. The number of carboxylic acid groups (broad SMARTS) is 1. The molecule has 1 N–H and O–H groups in total. The number of halogens is 1. The van der Waals surface area contributed by atoms with Crippen LogP contribution in [0.5, 0.6) is 0 Å². The Labute approximate surface area is 142 Å². The first-order valence-electron chi connectivity index (χ1n) is 7.82. The van der Waals surface area contributed by atoms with Gasteiger partial charge in [-0.15, -0.1) is 0 Å². The molecule has 0 amide bonds. The van der Waals surface area contributed by atoms with Gasteiger partial charge in [-0.2, -0.15) is 0 Å². The number of ether oxygens (including phenoxy) is 1. The van der Waals surface area contributed by atoms with Crippen molar-refractivity contribution >= 4 is 23.5 Å². The van der Waals surface area contributed by atoms with Crippen molar-refractivity contribution in [2.24, 2.45) is 5.41 Å². The Bertz CT molecular complexity index is 587. The minimum atomic E-state index is -1.19. The molecule has 0 fully saturated rings. The number of benzene rings is 1. The van der Waals surface area contributed by atoms with Gasteiger partial charge in [0.1, 0.15) is 6.10 Å². The summed E-state index contributed by atoms with van der Waals surface area (Å²) >= 11 is 5.97. The number of unbranched alkanes of at least 4 members (excludes halogenated alkanes) is 1. The van der Waals surface area contributed by atoms with Crippen LogP contribution in [0, 0.1) is 12.3 Å². The lowest BCUT2D eigenvalue weighted by atomic mass is 9.86. The van der Waals surface area contributed by atoms with Gasteiger partial charge in [-0.3, -0.25) is 0 Å². The molecule has 0 radical (unpaired) electrons. The lowest BCUT2D eigenvalue weighted by molar-refractivity contribution is -0.00697. The van der Waals surface area contributed by atoms with Crippen LogP contribution in [0.1, 0.15) is 73.2 Å². The molecule has 1 rings (SSSR count). The Morgan fingerprint density at radius 3 is 2.35 bits per heavy atom. The predicted octanol–water partition coefficient (Wildman–Crippen LogP) is 5.11. The fourth-order valence-electron chi connectivity index (χ4n) is 2.28. The van der Waals surface area contributed by atoms with Gasteiger partial charge in [0.15, 0.2) is 0 Å². The monoisotopic (exact) mass is 340 g/mol. The summed E-state index contributed by atoms with van der Waals surface area (Å²) in [4.78, 5) is 23.9. The number of carboxylic acids is 1. The molecule has 23 heavy (non-hydrogen) atoms. The van der Waals surface area contributed by atoms with Gasteiger partial charge in [-0.1, -0.05) is 52.1 Å². The highest BCUT2D eigenvalue weighted by molar-refractivity contribution is 6.32. The van der Waals surface area contributed by atoms with Crippen LogP contribution in [-0.2, 0) is 4.74 Å². The third-order valence-electron chi connectivity index (χ3n) is 3.78. The van der Waals surface area contributed by atoms with Crippen molar-refractivity contribution in [1.82, 2.24) is 0 Å². The SMILES string of the molecule is CCCCC(OC(=O)c1cc(C)c(Cl)cc1C(=O)O)C(C)(C)C. The van der Waals surface area contributed by atoms with Crippen molar-refractivity contribution in [2.45, 2.75) is 60.0 Å². The summed E-state index contributed by atoms with van der Waals surface area (Å²) in [5.41, 5.74) is 0.346. The molecule has 1 aromatic carbocycles. The van der Waals surface area contributed by atoms with E-state index in [9.17, 15) is 14.7 Å². The van der Waals surface area contributed by atoms with Crippen LogP contribution in [0.15, 0.2) is 12.1 Å². The first-order valence-corrected chi connectivity index (χ1v) is 8.20. The maximum absolute atomic E-state index is 12.5. The molecular weight excluding hydrogens is 316 g/mol. The Balaban J connectivity index is 3.13. The lowest BCUT2D eigenvalue weighted by Crippen LogP contribution is -2.32. The number of hydrogen-bond donors (Lipinski definition) is 1. The van der Waals surface area contributed by atoms with E-state index in [1.807, 2.05) is 20.8 Å². The summed E-state index contributed by atoms with van der Waals surface area (Å²) in [6.45, 7) is 9.82. The largest absolute Gasteiger partial charge is 0.478 e. The van der Waals surface area contributed by atoms with Gasteiger partial charge in [-0.05, 0) is 36.5 Å². The van der Waals surface area contributed by atoms with E-state index in [2.05, 4.69) is 6.92 Å². The van der Waals surface area contributed by atoms with Gasteiger partial charge in [0, 0.05) is 5.02 Å². The number of aryl methyl sites for hydroxylation is 1. The molecule has 0 aromatic heterocycles. The van der Waals surface area contributed by atoms with Crippen molar-refractivity contribution in [3.05, 3.63) is 33.8 Å². The van der Waals surface area contributed by atoms with Crippen molar-refractivity contribution in [3.8, 4) is 0 Å². The second kappa shape index (κ2) is 7.82. The summed E-state index contributed by atoms with van der Waals surface area (Å²) in [7, 11) is 0. The summed E-state index contributed by atoms with van der Waals surface area (Å²) < 4.78 is 5.64. The van der Waals surface area contributed by atoms with Gasteiger partial charge in [0.05, 0.1) is 11.1 Å². The molecule has 0 saturated heterocycles. The van der Waals surface area contributed by atoms with E-state index >= 15 is 0 Å². The van der Waals surface area contributed by atoms with Crippen molar-refractivity contribution in [1.29, 1.82) is 0 Å². The van der Waals surface area contributed by atoms with E-state index in [0.717, 1.165) is 19.3 Å². The number of hydrogen-bond acceptors (Lipinski definition) is 3. The van der Waals surface area contributed by atoms with Crippen LogP contribution in [-0.4, -0.2) is 23.1 Å². The predicted molar refractivity (Wildman–Crippen MR) is 91.3 cm³/mol. The molecule has 0 aliphatic carbocycles. The maximum Gasteiger partial charge on any atom is 0.339 e. The van der Waals surface area contributed by atoms with Crippen molar-refractivity contribution < 1.29 is 19.4 Å². The molecule has 128 valence electrons. The normalized spacial score (nSPS) is 12.8. The van der Waals surface area contributed by atoms with E-state index in [0.29, 0.717) is 10.6 Å². The summed E-state index contributed by atoms with van der Waals surface area (Å²) in [5, 5.41) is 9.62. The Kier molecular flexibility index (Phi) is 6.63. The van der Waals surface area contributed by atoms with E-state index < -0.39 is 11.9 Å². The molecule has 0 spiro atoms. The zero-order valence-corrected chi connectivity index (χ0v) is 15.2. The minimum absolute atomic E-state index is 0.0464. The third kappa shape index (κ3) is 5.24. The van der Waals surface area contributed by atoms with Crippen LogP contribution in [0.25, 0.3) is 0 Å². The van der Waals surface area contributed by atoms with Crippen molar-refractivity contribution in [2.75, 3.05) is 0 Å². The molecular formula is C18H25ClO4. The van der Waals surface area contributed by atoms with E-state index in [1.54, 1.807) is 6.92 Å². The highest BCUT2D eigenvalue weighted by atomic mass is 35.5. The zero-order valence-electron chi connectivity index (χ0n) is 14.4. The first-order chi connectivity index (χ1) is 10.6. The molecule has 0 heterocycles. The molecule has 0 saturated carbocycles. The lowest BCUT2D eigenvalue weighted by Gasteiger charge is -2.30. The molecule has 0 aliphatic rings. The summed E-state index contributed by atoms with van der Waals surface area (Å²) in [6.07, 6.45) is 2.43. The van der Waals surface area contributed by atoms with Gasteiger partial charge in [0.2, 0.25) is 0 Å². The second-order valence-electron chi connectivity index (χ2n) is 6.85. The number of aromatic carboxylic acids is 1. The number of rotatable bonds is 6. The quantitative estimate of drug-likeness (QED) is 0.731. The molecule has 5 heteroatoms. The van der Waals surface area contributed by atoms with Crippen LogP contribution < -0.4 is 0 Å². The molecule has 0 bridgehead atoms. The Morgan fingerprint density at radius 1 is 1.26 bits per heavy atom. The Morgan fingerprint density at radius 2 is 1.87 bits per heavy atom. The average Bonchev–Trinajstić information content (AvgIpc) is 2.44. The van der Waals surface area contributed by atoms with E-state index in [-0.39, 0.29) is 22.6 Å². The molecule has 1 atom stereocenters. The maximum atomic E-state index is 12.5. The second-order valence-corrected chi connectivity index (χ2v) is 7.26. The van der Waals surface area contributed by atoms with Crippen LogP contribution in [0.3, 0.4) is 0 Å². The highest BCUT2D eigenvalue weighted by Gasteiger charge is 2.30. The minimum Gasteiger partial charge on any atom is -0.478 e. The fourth-order valence-corrected chi connectivity index (χ4v) is 2.44. The summed E-state index contributed by atoms with van der Waals surface area (Å²) in [6, 6.07) is 2.78. The van der Waals surface area contributed by atoms with Crippen LogP contribution in [0.4, 0.5) is 0 Å². The van der Waals surface area contributed by atoms with Crippen LogP contribution in [0.2, 0.25) is 5.02 Å². The average molecular weight is 341 g/mol. The first kappa shape index (κ1) is 19.5. The topological polar surface area (TPSA) is 63.6 Å². The molecule has 1 unspecified atom stereocenters. The molecule has 0 aliphatic heterocycles. The number of carbonyl (C=O) groups is 2. The van der Waals surface area contributed by atoms with E-state index in [1.165, 1.54) is 12.1 Å². The molecule has 1 aromatic rings. The zero-order chi connectivity index (χ0) is 17.8. The van der Waals surface area contributed by atoms with Gasteiger partial charge < -0.3 is 9.84 Å². The standard InChI is InChI=1S/C18H25ClO4/c1-6-7-8-15(18(3,4)5)23-17(22)13-9-11(2)14(19)10-12(13)16(20)21/h9-10,15H,6-8H2,1-5H3,(H,20,21). The van der Waals surface area contributed by atoms with E-state index in [4.69, 9.17) is 16.3 Å². The van der Waals surface area contributed by atoms with Crippen molar-refractivity contribution in [3.63, 3.8) is 0 Å². The van der Waals surface area contributed by atoms with Crippen LogP contribution >= 0.6 is 11.6 Å². The summed E-state index contributed by atoms with van der Waals surface area (Å²) in [5.74, 6) is -1.81. The molecule has 4 nitrogen and oxygen atoms in total. The Hall–Kier alpha value is -1.55. The number of carbonyl (C=O) groups excluding carboxylic acids is 1. The van der Waals surface area contributed by atoms with Gasteiger partial charge in [-0.25, -0.2) is 9.59 Å². The third-order valence-corrected chi connectivity index (χ3v) is 4.19. The van der Waals surface area contributed by atoms with Gasteiger partial charge >= 0.3 is 11.9 Å². The highest BCUT2D eigenvalue weighted by Crippen LogP contribution is 2.29. The smallest absolute Gasteiger partial charge is 0.339 e. The number of esters is 1.